The van der Waals surface area contributed by atoms with Crippen LogP contribution >= 0.6 is 0 Å². The van der Waals surface area contributed by atoms with Crippen LogP contribution in [0.2, 0.25) is 0 Å². The van der Waals surface area contributed by atoms with E-state index in [2.05, 4.69) is 43.2 Å². The molecule has 112 valence electrons. The van der Waals surface area contributed by atoms with E-state index in [1.165, 1.54) is 5.56 Å². The highest BCUT2D eigenvalue weighted by Gasteiger charge is 2.16. The molecular weight excluding hydrogens is 264 g/mol. The van der Waals surface area contributed by atoms with Crippen molar-refractivity contribution in [2.24, 2.45) is 0 Å². The second kappa shape index (κ2) is 6.22. The average Bonchev–Trinajstić information content (AvgIpc) is 2.45. The normalized spacial score (nSPS) is 11.6. The number of hydrogen-bond donors (Lipinski definition) is 2. The summed E-state index contributed by atoms with van der Waals surface area (Å²) in [6.45, 7) is 7.02. The average molecular weight is 286 g/mol. The van der Waals surface area contributed by atoms with Crippen molar-refractivity contribution in [3.8, 4) is 0 Å². The fourth-order valence-electron chi connectivity index (χ4n) is 2.20. The van der Waals surface area contributed by atoms with Gasteiger partial charge in [-0.1, -0.05) is 32.9 Å². The van der Waals surface area contributed by atoms with Gasteiger partial charge in [-0.2, -0.15) is 0 Å². The van der Waals surface area contributed by atoms with Gasteiger partial charge in [0, 0.05) is 30.9 Å². The molecule has 0 bridgehead atoms. The minimum absolute atomic E-state index is 0.0631. The molecule has 4 nitrogen and oxygen atoms in total. The van der Waals surface area contributed by atoms with Crippen LogP contribution in [0.1, 0.15) is 43.1 Å². The second-order valence-electron chi connectivity index (χ2n) is 6.21. The lowest BCUT2D eigenvalue weighted by Gasteiger charge is -2.19. The number of carbonyl (C=O) groups excluding carboxylic acids is 1. The number of amides is 1. The summed E-state index contributed by atoms with van der Waals surface area (Å²) >= 11 is 0. The van der Waals surface area contributed by atoms with Crippen LogP contribution in [0.5, 0.6) is 0 Å². The van der Waals surface area contributed by atoms with E-state index in [0.29, 0.717) is 18.5 Å². The summed E-state index contributed by atoms with van der Waals surface area (Å²) in [6, 6.07) is 6.14. The predicted octanol–water partition coefficient (Wildman–Crippen LogP) is 2.64. The molecule has 4 heteroatoms. The van der Waals surface area contributed by atoms with Gasteiger partial charge < -0.3 is 10.4 Å². The van der Waals surface area contributed by atoms with E-state index in [1.54, 1.807) is 12.4 Å². The van der Waals surface area contributed by atoms with Crippen molar-refractivity contribution in [3.63, 3.8) is 0 Å². The molecule has 1 heterocycles. The summed E-state index contributed by atoms with van der Waals surface area (Å²) in [5.74, 6) is -0.148. The summed E-state index contributed by atoms with van der Waals surface area (Å²) in [4.78, 5) is 16.4. The zero-order chi connectivity index (χ0) is 15.5. The largest absolute Gasteiger partial charge is 0.396 e. The Morgan fingerprint density at radius 3 is 2.71 bits per heavy atom. The van der Waals surface area contributed by atoms with Crippen LogP contribution in [0.15, 0.2) is 30.6 Å². The summed E-state index contributed by atoms with van der Waals surface area (Å²) < 4.78 is 0. The molecule has 0 fully saturated rings. The van der Waals surface area contributed by atoms with E-state index in [9.17, 15) is 4.79 Å². The van der Waals surface area contributed by atoms with Crippen molar-refractivity contribution in [2.45, 2.75) is 32.6 Å². The molecule has 0 aliphatic carbocycles. The van der Waals surface area contributed by atoms with Crippen molar-refractivity contribution in [1.29, 1.82) is 0 Å². The Bertz CT molecular complexity index is 645. The Morgan fingerprint density at radius 2 is 2.05 bits per heavy atom. The Balaban J connectivity index is 2.36. The number of carbonyl (C=O) groups is 1. The maximum Gasteiger partial charge on any atom is 0.253 e. The Hall–Kier alpha value is -1.94. The van der Waals surface area contributed by atoms with Crippen LogP contribution in [-0.2, 0) is 5.41 Å². The smallest absolute Gasteiger partial charge is 0.253 e. The van der Waals surface area contributed by atoms with E-state index < -0.39 is 0 Å². The summed E-state index contributed by atoms with van der Waals surface area (Å²) in [6.07, 6.45) is 3.93. The summed E-state index contributed by atoms with van der Waals surface area (Å²) in [7, 11) is 0. The number of aliphatic hydroxyl groups is 1. The van der Waals surface area contributed by atoms with E-state index in [0.717, 1.165) is 10.8 Å². The number of pyridine rings is 1. The first-order valence-electron chi connectivity index (χ1n) is 7.21. The molecule has 2 aromatic rings. The van der Waals surface area contributed by atoms with Crippen molar-refractivity contribution < 1.29 is 9.90 Å². The number of nitrogens with zero attached hydrogens (tertiary/aromatic N) is 1. The first kappa shape index (κ1) is 15.4. The van der Waals surface area contributed by atoms with Crippen LogP contribution in [-0.4, -0.2) is 29.1 Å². The van der Waals surface area contributed by atoms with Gasteiger partial charge in [0.05, 0.1) is 5.56 Å². The predicted molar refractivity (Wildman–Crippen MR) is 84.5 cm³/mol. The zero-order valence-corrected chi connectivity index (χ0v) is 12.8. The molecule has 0 aliphatic heterocycles. The maximum absolute atomic E-state index is 12.2. The lowest BCUT2D eigenvalue weighted by Crippen LogP contribution is -2.25. The Labute approximate surface area is 125 Å². The first-order valence-corrected chi connectivity index (χ1v) is 7.21. The zero-order valence-electron chi connectivity index (χ0n) is 12.8. The van der Waals surface area contributed by atoms with Gasteiger partial charge in [-0.15, -0.1) is 0 Å². The third-order valence-electron chi connectivity index (χ3n) is 3.49. The van der Waals surface area contributed by atoms with Gasteiger partial charge in [0.2, 0.25) is 0 Å². The van der Waals surface area contributed by atoms with Crippen LogP contribution in [0.25, 0.3) is 10.8 Å². The molecule has 0 radical (unpaired) electrons. The number of aromatic nitrogens is 1. The minimum atomic E-state index is -0.148. The molecule has 21 heavy (non-hydrogen) atoms. The SMILES string of the molecule is CC(C)(C)c1ccc2c(C(=O)NCCCO)cncc2c1. The molecule has 1 aromatic heterocycles. The summed E-state index contributed by atoms with van der Waals surface area (Å²) in [5, 5.41) is 13.4. The molecule has 0 saturated carbocycles. The third-order valence-corrected chi connectivity index (χ3v) is 3.49. The highest BCUT2D eigenvalue weighted by molar-refractivity contribution is 6.06. The number of benzene rings is 1. The number of hydrogen-bond acceptors (Lipinski definition) is 3. The van der Waals surface area contributed by atoms with Gasteiger partial charge in [0.15, 0.2) is 0 Å². The molecule has 1 amide bonds. The molecule has 0 atom stereocenters. The van der Waals surface area contributed by atoms with Crippen LogP contribution < -0.4 is 5.32 Å². The lowest BCUT2D eigenvalue weighted by molar-refractivity contribution is 0.0952. The number of aliphatic hydroxyl groups excluding tert-OH is 1. The van der Waals surface area contributed by atoms with Crippen LogP contribution in [0.3, 0.4) is 0 Å². The third kappa shape index (κ3) is 3.58. The van der Waals surface area contributed by atoms with E-state index in [1.807, 2.05) is 6.07 Å². The van der Waals surface area contributed by atoms with Crippen molar-refractivity contribution in [1.82, 2.24) is 10.3 Å². The molecule has 0 saturated heterocycles. The molecular formula is C17H22N2O2. The number of fused-ring (bicyclic) bond motifs is 1. The Morgan fingerprint density at radius 1 is 1.29 bits per heavy atom. The standard InChI is InChI=1S/C17H22N2O2/c1-17(2,3)13-5-6-14-12(9-13)10-18-11-15(14)16(21)19-7-4-8-20/h5-6,9-11,20H,4,7-8H2,1-3H3,(H,19,21). The van der Waals surface area contributed by atoms with E-state index in [-0.39, 0.29) is 17.9 Å². The van der Waals surface area contributed by atoms with Crippen molar-refractivity contribution in [2.75, 3.05) is 13.2 Å². The van der Waals surface area contributed by atoms with Gasteiger partial charge in [0.25, 0.3) is 5.91 Å². The number of rotatable bonds is 4. The molecule has 0 unspecified atom stereocenters. The highest BCUT2D eigenvalue weighted by Crippen LogP contribution is 2.27. The van der Waals surface area contributed by atoms with Gasteiger partial charge >= 0.3 is 0 Å². The first-order chi connectivity index (χ1) is 9.93. The quantitative estimate of drug-likeness (QED) is 0.849. The fourth-order valence-corrected chi connectivity index (χ4v) is 2.20. The van der Waals surface area contributed by atoms with Crippen LogP contribution in [0.4, 0.5) is 0 Å². The van der Waals surface area contributed by atoms with Gasteiger partial charge in [-0.25, -0.2) is 0 Å². The second-order valence-corrected chi connectivity index (χ2v) is 6.21. The molecule has 2 rings (SSSR count). The van der Waals surface area contributed by atoms with Gasteiger partial charge in [0.1, 0.15) is 0 Å². The molecule has 0 spiro atoms. The van der Waals surface area contributed by atoms with E-state index >= 15 is 0 Å². The van der Waals surface area contributed by atoms with Gasteiger partial charge in [-0.3, -0.25) is 9.78 Å². The fraction of sp³-hybridized carbons (Fsp3) is 0.412. The highest BCUT2D eigenvalue weighted by atomic mass is 16.3. The molecule has 0 aliphatic rings. The van der Waals surface area contributed by atoms with Crippen LogP contribution in [0, 0.1) is 0 Å². The molecule has 1 aromatic carbocycles. The van der Waals surface area contributed by atoms with Gasteiger partial charge in [-0.05, 0) is 28.9 Å². The van der Waals surface area contributed by atoms with Crippen molar-refractivity contribution in [3.05, 3.63) is 41.7 Å². The monoisotopic (exact) mass is 286 g/mol. The lowest BCUT2D eigenvalue weighted by atomic mass is 9.86. The molecule has 2 N–H and O–H groups in total. The van der Waals surface area contributed by atoms with E-state index in [4.69, 9.17) is 5.11 Å². The topological polar surface area (TPSA) is 62.2 Å². The summed E-state index contributed by atoms with van der Waals surface area (Å²) in [5.41, 5.74) is 1.86. The number of nitrogens with one attached hydrogen (secondary N) is 1. The Kier molecular flexibility index (Phi) is 4.58. The van der Waals surface area contributed by atoms with Crippen molar-refractivity contribution >= 4 is 16.7 Å². The maximum atomic E-state index is 12.2. The minimum Gasteiger partial charge on any atom is -0.396 e.